The summed E-state index contributed by atoms with van der Waals surface area (Å²) < 4.78 is 25.0. The monoisotopic (exact) mass is 1030 g/mol. The number of phenolic OH excluding ortho intramolecular Hbond substituents is 2. The van der Waals surface area contributed by atoms with Crippen molar-refractivity contribution < 1.29 is 53.8 Å². The molecule has 2 amide bonds. The van der Waals surface area contributed by atoms with Gasteiger partial charge in [0.15, 0.2) is 11.4 Å². The van der Waals surface area contributed by atoms with E-state index in [1.54, 1.807) is 52.0 Å². The molecule has 9 rings (SSSR count). The normalized spacial score (nSPS) is 32.5. The topological polar surface area (TPSA) is 228 Å². The lowest BCUT2D eigenvalue weighted by molar-refractivity contribution is -0.112. The molecule has 7 aliphatic heterocycles. The summed E-state index contributed by atoms with van der Waals surface area (Å²) in [5.74, 6) is -6.06. The standard InChI is InChI=1S/C56H81N7O11/c1-30(2)29-62-26-20-56(21-27-62)59-43-40-41-48(66)36(8)51-42(40)52(68)55(9,74-51)72-28-19-39(71-11)33(5)50(73-54(70)57-37-15-24-63(25-16-37)38-17-22-61(10)23-18-38)35(7)47(65)34(6)46(64)31(3)13-12-14-32(4)53(69)58-45(49(41)67)44(43)60-56/h12-14,19,28,30-31,33-35,37-39,46-47,50,64-67H,15-18,20-27,29H2,1-11H3,(H,57,70)(H,58,69)/b13-12+,28-19+,32-14-/t31-,33+,34+,35+,39-,46-,47+,50+,55-/m0/s1. The van der Waals surface area contributed by atoms with E-state index >= 15 is 0 Å². The molecular formula is C56H81N7O11. The van der Waals surface area contributed by atoms with Gasteiger partial charge in [-0.2, -0.15) is 0 Å². The van der Waals surface area contributed by atoms with Crippen molar-refractivity contribution in [3.63, 3.8) is 0 Å². The number of ether oxygens (including phenoxy) is 4. The van der Waals surface area contributed by atoms with Gasteiger partial charge in [-0.25, -0.2) is 4.79 Å². The molecule has 0 unspecified atom stereocenters. The molecule has 3 saturated heterocycles. The molecule has 7 aliphatic rings. The first kappa shape index (κ1) is 55.1. The summed E-state index contributed by atoms with van der Waals surface area (Å²) in [6.45, 7) is 22.3. The van der Waals surface area contributed by atoms with Crippen LogP contribution in [-0.2, 0) is 19.0 Å². The molecule has 2 aromatic carbocycles. The summed E-state index contributed by atoms with van der Waals surface area (Å²) in [4.78, 5) is 60.7. The summed E-state index contributed by atoms with van der Waals surface area (Å²) >= 11 is 0. The number of methoxy groups -OCH3 is 1. The highest BCUT2D eigenvalue weighted by Crippen LogP contribution is 2.50. The maximum Gasteiger partial charge on any atom is 0.407 e. The van der Waals surface area contributed by atoms with Crippen molar-refractivity contribution in [1.29, 1.82) is 0 Å². The molecule has 0 aromatic heterocycles. The smallest absolute Gasteiger partial charge is 0.407 e. The van der Waals surface area contributed by atoms with Crippen molar-refractivity contribution in [2.45, 2.75) is 149 Å². The quantitative estimate of drug-likeness (QED) is 0.197. The van der Waals surface area contributed by atoms with E-state index in [1.807, 2.05) is 13.8 Å². The summed E-state index contributed by atoms with van der Waals surface area (Å²) in [5.41, 5.74) is -0.577. The molecule has 18 nitrogen and oxygen atoms in total. The lowest BCUT2D eigenvalue weighted by Crippen LogP contribution is -2.52. The van der Waals surface area contributed by atoms with Crippen LogP contribution in [0.15, 0.2) is 46.1 Å². The number of aliphatic hydroxyl groups excluding tert-OH is 2. The lowest BCUT2D eigenvalue weighted by atomic mass is 9.78. The molecule has 0 aliphatic carbocycles. The fraction of sp³-hybridized carbons (Fsp3) is 0.661. The largest absolute Gasteiger partial charge is 0.507 e. The number of alkyl carbamates (subject to hydrolysis) is 1. The molecule has 0 saturated carbocycles. The van der Waals surface area contributed by atoms with Gasteiger partial charge >= 0.3 is 11.9 Å². The number of phenols is 2. The van der Waals surface area contributed by atoms with Gasteiger partial charge in [-0.1, -0.05) is 59.8 Å². The first-order chi connectivity index (χ1) is 35.1. The number of piperidine rings is 3. The summed E-state index contributed by atoms with van der Waals surface area (Å²) in [7, 11) is 3.66. The van der Waals surface area contributed by atoms with Crippen LogP contribution in [0.25, 0.3) is 10.8 Å². The van der Waals surface area contributed by atoms with E-state index < -0.39 is 83.1 Å². The Morgan fingerprint density at radius 1 is 0.892 bits per heavy atom. The fourth-order valence-electron chi connectivity index (χ4n) is 12.1. The van der Waals surface area contributed by atoms with E-state index in [9.17, 15) is 34.8 Å². The third-order valence-corrected chi connectivity index (χ3v) is 16.9. The number of nitrogens with one attached hydrogen (secondary N) is 2. The van der Waals surface area contributed by atoms with Gasteiger partial charge in [0.2, 0.25) is 0 Å². The number of carbonyl (C=O) groups excluding carboxylic acids is 3. The second-order valence-corrected chi connectivity index (χ2v) is 22.7. The van der Waals surface area contributed by atoms with E-state index in [0.717, 1.165) is 58.4 Å². The molecular weight excluding hydrogens is 947 g/mol. The predicted octanol–water partition coefficient (Wildman–Crippen LogP) is 5.47. The molecule has 7 heterocycles. The van der Waals surface area contributed by atoms with Crippen LogP contribution in [0.2, 0.25) is 0 Å². The van der Waals surface area contributed by atoms with E-state index in [-0.39, 0.29) is 61.4 Å². The number of benzene rings is 2. The average Bonchev–Trinajstić information content (AvgIpc) is 3.87. The SMILES string of the molecule is CO[C@H]1/C=C/O[C@@]2(C)Oc3c(C)c(O)c4c(O)c(c5c(c4c3C2=O)=NC2(CCN(CC(C)C)CC2)N=5)NC(=O)/C(C)=C\C=C\[C@H](C)[C@H](O)[C@@H](C)[C@@H](O)[C@@H](C)[C@H](OC(=O)NC2CCN(C3CCN(C)CC3)CC2)[C@@H]1C. The Morgan fingerprint density at radius 2 is 1.55 bits per heavy atom. The summed E-state index contributed by atoms with van der Waals surface area (Å²) in [5, 5.41) is 54.4. The maximum absolute atomic E-state index is 15.0. The highest BCUT2D eigenvalue weighted by molar-refractivity contribution is 6.19. The van der Waals surface area contributed by atoms with Crippen LogP contribution in [0, 0.1) is 36.5 Å². The van der Waals surface area contributed by atoms with Gasteiger partial charge in [0.1, 0.15) is 28.6 Å². The predicted molar refractivity (Wildman–Crippen MR) is 281 cm³/mol. The third kappa shape index (κ3) is 10.9. The van der Waals surface area contributed by atoms with Crippen LogP contribution >= 0.6 is 0 Å². The Morgan fingerprint density at radius 3 is 2.20 bits per heavy atom. The van der Waals surface area contributed by atoms with Gasteiger partial charge in [0, 0.05) is 112 Å². The number of nitrogens with zero attached hydrogens (tertiary/aromatic N) is 5. The highest BCUT2D eigenvalue weighted by atomic mass is 16.7. The number of hydrogen-bond donors (Lipinski definition) is 6. The Balaban J connectivity index is 1.15. The Kier molecular flexibility index (Phi) is 16.6. The average molecular weight is 1030 g/mol. The number of likely N-dealkylation sites (tertiary alicyclic amines) is 3. The van der Waals surface area contributed by atoms with Crippen LogP contribution in [0.5, 0.6) is 17.2 Å². The van der Waals surface area contributed by atoms with Gasteiger partial charge in [0.25, 0.3) is 11.7 Å². The Hall–Kier alpha value is -5.11. The lowest BCUT2D eigenvalue weighted by Gasteiger charge is -2.41. The van der Waals surface area contributed by atoms with E-state index in [0.29, 0.717) is 37.9 Å². The number of amides is 2. The fourth-order valence-corrected chi connectivity index (χ4v) is 12.1. The summed E-state index contributed by atoms with van der Waals surface area (Å²) in [6.07, 6.45) is 8.18. The number of rotatable bonds is 6. The van der Waals surface area contributed by atoms with Crippen LogP contribution < -0.4 is 26.1 Å². The molecule has 18 heteroatoms. The van der Waals surface area contributed by atoms with Crippen LogP contribution in [-0.4, -0.2) is 161 Å². The number of hydrogen-bond acceptors (Lipinski definition) is 16. The number of aromatic hydroxyl groups is 2. The number of ketones is 1. The molecule has 406 valence electrons. The Bertz CT molecular complexity index is 2670. The second kappa shape index (κ2) is 22.2. The van der Waals surface area contributed by atoms with Gasteiger partial charge in [-0.15, -0.1) is 0 Å². The van der Waals surface area contributed by atoms with Crippen molar-refractivity contribution in [1.82, 2.24) is 20.0 Å². The number of allylic oxidation sites excluding steroid dienone is 2. The zero-order valence-corrected chi connectivity index (χ0v) is 45.3. The van der Waals surface area contributed by atoms with E-state index in [4.69, 9.17) is 28.9 Å². The van der Waals surface area contributed by atoms with Gasteiger partial charge in [-0.3, -0.25) is 19.6 Å². The van der Waals surface area contributed by atoms with E-state index in [2.05, 4.69) is 46.2 Å². The third-order valence-electron chi connectivity index (χ3n) is 16.9. The first-order valence-electron chi connectivity index (χ1n) is 26.9. The van der Waals surface area contributed by atoms with Gasteiger partial charge in [0.05, 0.1) is 40.9 Å². The van der Waals surface area contributed by atoms with Gasteiger partial charge < -0.3 is 64.7 Å². The number of carbonyl (C=O) groups is 3. The van der Waals surface area contributed by atoms with Crippen molar-refractivity contribution in [2.75, 3.05) is 65.3 Å². The minimum atomic E-state index is -1.98. The summed E-state index contributed by atoms with van der Waals surface area (Å²) in [6, 6.07) is 0.442. The second-order valence-electron chi connectivity index (χ2n) is 22.7. The molecule has 9 atom stereocenters. The molecule has 2 aromatic rings. The first-order valence-corrected chi connectivity index (χ1v) is 26.9. The minimum absolute atomic E-state index is 0.0383. The van der Waals surface area contributed by atoms with Crippen LogP contribution in [0.3, 0.4) is 0 Å². The zero-order valence-electron chi connectivity index (χ0n) is 45.3. The highest BCUT2D eigenvalue weighted by Gasteiger charge is 2.50. The van der Waals surface area contributed by atoms with Crippen LogP contribution in [0.1, 0.15) is 110 Å². The van der Waals surface area contributed by atoms with E-state index in [1.165, 1.54) is 20.3 Å². The molecule has 0 radical (unpaired) electrons. The van der Waals surface area contributed by atoms with Gasteiger partial charge in [-0.05, 0) is 71.7 Å². The van der Waals surface area contributed by atoms with Crippen LogP contribution in [0.4, 0.5) is 10.5 Å². The maximum atomic E-state index is 15.0. The van der Waals surface area contributed by atoms with Crippen molar-refractivity contribution >= 4 is 34.2 Å². The van der Waals surface area contributed by atoms with Crippen molar-refractivity contribution in [3.05, 3.63) is 58.0 Å². The number of Topliss-reactive ketones (excluding diaryl/α,β-unsaturated/α-hetero) is 1. The molecule has 3 fully saturated rings. The Labute approximate surface area is 435 Å². The zero-order chi connectivity index (χ0) is 53.6. The molecule has 6 N–H and O–H groups in total. The number of fused-ring (bicyclic) bond motifs is 13. The molecule has 5 bridgehead atoms. The minimum Gasteiger partial charge on any atom is -0.507 e. The number of anilines is 1. The molecule has 1 spiro atoms. The molecule has 74 heavy (non-hydrogen) atoms. The van der Waals surface area contributed by atoms with Crippen molar-refractivity contribution in [2.24, 2.45) is 39.6 Å². The number of aliphatic hydroxyl groups is 2. The van der Waals surface area contributed by atoms with Crippen molar-refractivity contribution in [3.8, 4) is 17.2 Å².